The maximum Gasteiger partial charge on any atom is 0.279 e. The van der Waals surface area contributed by atoms with Crippen molar-refractivity contribution in [2.45, 2.75) is 32.2 Å². The number of carbonyl (C=O) groups excluding carboxylic acids is 2. The van der Waals surface area contributed by atoms with E-state index in [2.05, 4.69) is 16.7 Å². The normalized spacial score (nSPS) is 16.7. The minimum Gasteiger partial charge on any atom is -0.495 e. The lowest BCUT2D eigenvalue weighted by atomic mass is 9.98. The summed E-state index contributed by atoms with van der Waals surface area (Å²) >= 11 is 0. The molecule has 7 nitrogen and oxygen atoms in total. The average Bonchev–Trinajstić information content (AvgIpc) is 3.47. The van der Waals surface area contributed by atoms with Gasteiger partial charge in [-0.1, -0.05) is 12.1 Å². The molecule has 1 aromatic rings. The molecular formula is C19H27N4O3+. The van der Waals surface area contributed by atoms with Crippen LogP contribution in [0.5, 0.6) is 5.75 Å². The van der Waals surface area contributed by atoms with Crippen molar-refractivity contribution in [1.29, 1.82) is 5.26 Å². The van der Waals surface area contributed by atoms with Crippen molar-refractivity contribution < 1.29 is 19.2 Å². The molecule has 2 atom stereocenters. The van der Waals surface area contributed by atoms with Crippen molar-refractivity contribution in [3.05, 3.63) is 24.3 Å². The van der Waals surface area contributed by atoms with E-state index in [1.165, 1.54) is 0 Å². The molecule has 26 heavy (non-hydrogen) atoms. The molecule has 0 radical (unpaired) electrons. The van der Waals surface area contributed by atoms with Gasteiger partial charge in [-0.2, -0.15) is 5.26 Å². The third kappa shape index (κ3) is 5.20. The van der Waals surface area contributed by atoms with Gasteiger partial charge in [-0.15, -0.1) is 0 Å². The average molecular weight is 359 g/mol. The Bertz CT molecular complexity index is 696. The Hall–Kier alpha value is -2.59. The Labute approximate surface area is 154 Å². The first kappa shape index (κ1) is 19.7. The highest BCUT2D eigenvalue weighted by Gasteiger charge is 2.43. The summed E-state index contributed by atoms with van der Waals surface area (Å²) in [7, 11) is 1.55. The minimum absolute atomic E-state index is 0.153. The van der Waals surface area contributed by atoms with Gasteiger partial charge < -0.3 is 20.3 Å². The summed E-state index contributed by atoms with van der Waals surface area (Å²) in [5, 5.41) is 15.0. The Morgan fingerprint density at radius 2 is 1.96 bits per heavy atom. The quantitative estimate of drug-likeness (QED) is 0.593. The highest BCUT2D eigenvalue weighted by molar-refractivity contribution is 5.93. The summed E-state index contributed by atoms with van der Waals surface area (Å²) in [6, 6.07) is 9.40. The number of amides is 2. The standard InChI is InChI=1S/C19H26N4O3/c1-4-23(12-18(25)22-19(2,13-20)14-9-10-14)11-17(24)21-15-7-5-6-8-16(15)26-3/h5-8,14H,4,9-12H2,1-3H3,(H,21,24)(H,22,25)/p+1/t19-/m0/s1. The third-order valence-electron chi connectivity index (χ3n) is 4.73. The van der Waals surface area contributed by atoms with Gasteiger partial charge in [-0.25, -0.2) is 0 Å². The number of rotatable bonds is 9. The van der Waals surface area contributed by atoms with Gasteiger partial charge in [0.2, 0.25) is 0 Å². The number of hydrogen-bond donors (Lipinski definition) is 3. The number of anilines is 1. The molecule has 7 heteroatoms. The van der Waals surface area contributed by atoms with Gasteiger partial charge in [-0.3, -0.25) is 9.59 Å². The maximum absolute atomic E-state index is 12.3. The number of carbonyl (C=O) groups is 2. The first-order chi connectivity index (χ1) is 12.4. The number of para-hydroxylation sites is 2. The molecule has 0 bridgehead atoms. The number of benzene rings is 1. The zero-order chi connectivity index (χ0) is 19.2. The first-order valence-electron chi connectivity index (χ1n) is 8.90. The molecule has 1 fully saturated rings. The van der Waals surface area contributed by atoms with Crippen LogP contribution in [-0.4, -0.2) is 44.1 Å². The lowest BCUT2D eigenvalue weighted by Gasteiger charge is -2.24. The number of likely N-dealkylation sites (N-methyl/N-ethyl adjacent to an activating group) is 1. The van der Waals surface area contributed by atoms with Gasteiger partial charge >= 0.3 is 0 Å². The van der Waals surface area contributed by atoms with Crippen LogP contribution < -0.4 is 20.3 Å². The lowest BCUT2D eigenvalue weighted by Crippen LogP contribution is -3.14. The zero-order valence-corrected chi connectivity index (χ0v) is 15.6. The molecule has 1 aromatic carbocycles. The van der Waals surface area contributed by atoms with Crippen LogP contribution in [0.1, 0.15) is 26.7 Å². The molecule has 2 amide bonds. The SMILES string of the molecule is CC[NH+](CC(=O)Nc1ccccc1OC)CC(=O)N[C@@](C)(C#N)C1CC1. The van der Waals surface area contributed by atoms with Gasteiger partial charge in [-0.05, 0) is 44.7 Å². The predicted octanol–water partition coefficient (Wildman–Crippen LogP) is 0.347. The number of methoxy groups -OCH3 is 1. The van der Waals surface area contributed by atoms with E-state index >= 15 is 0 Å². The minimum atomic E-state index is -0.810. The number of nitriles is 1. The number of hydrogen-bond acceptors (Lipinski definition) is 4. The molecule has 1 aliphatic carbocycles. The van der Waals surface area contributed by atoms with E-state index in [1.807, 2.05) is 19.1 Å². The number of ether oxygens (including phenoxy) is 1. The second kappa shape index (κ2) is 8.68. The number of quaternary nitrogens is 1. The monoisotopic (exact) mass is 359 g/mol. The summed E-state index contributed by atoms with van der Waals surface area (Å²) in [5.74, 6) is 0.425. The van der Waals surface area contributed by atoms with Crippen molar-refractivity contribution in [1.82, 2.24) is 5.32 Å². The van der Waals surface area contributed by atoms with Gasteiger partial charge in [0.1, 0.15) is 11.3 Å². The fourth-order valence-electron chi connectivity index (χ4n) is 2.92. The fourth-order valence-corrected chi connectivity index (χ4v) is 2.92. The largest absolute Gasteiger partial charge is 0.495 e. The Balaban J connectivity index is 1.89. The van der Waals surface area contributed by atoms with Crippen LogP contribution in [0.2, 0.25) is 0 Å². The molecule has 140 valence electrons. The third-order valence-corrected chi connectivity index (χ3v) is 4.73. The predicted molar refractivity (Wildman–Crippen MR) is 97.7 cm³/mol. The molecule has 0 spiro atoms. The molecule has 0 aromatic heterocycles. The van der Waals surface area contributed by atoms with E-state index in [1.54, 1.807) is 26.2 Å². The molecule has 1 unspecified atom stereocenters. The van der Waals surface area contributed by atoms with Gasteiger partial charge in [0.25, 0.3) is 11.8 Å². The van der Waals surface area contributed by atoms with Crippen molar-refractivity contribution in [2.75, 3.05) is 32.1 Å². The van der Waals surface area contributed by atoms with Gasteiger partial charge in [0, 0.05) is 0 Å². The van der Waals surface area contributed by atoms with E-state index in [0.717, 1.165) is 17.7 Å². The fraction of sp³-hybridized carbons (Fsp3) is 0.526. The van der Waals surface area contributed by atoms with Crippen molar-refractivity contribution in [3.63, 3.8) is 0 Å². The molecule has 1 saturated carbocycles. The van der Waals surface area contributed by atoms with Crippen molar-refractivity contribution in [2.24, 2.45) is 5.92 Å². The Morgan fingerprint density at radius 3 is 2.54 bits per heavy atom. The van der Waals surface area contributed by atoms with Crippen LogP contribution in [0.3, 0.4) is 0 Å². The van der Waals surface area contributed by atoms with Gasteiger partial charge in [0.05, 0.1) is 25.4 Å². The topological polar surface area (TPSA) is 95.7 Å². The number of nitrogens with zero attached hydrogens (tertiary/aromatic N) is 1. The maximum atomic E-state index is 12.3. The van der Waals surface area contributed by atoms with Crippen LogP contribution in [0.4, 0.5) is 5.69 Å². The smallest absolute Gasteiger partial charge is 0.279 e. The molecule has 1 aliphatic rings. The van der Waals surface area contributed by atoms with Gasteiger partial charge in [0.15, 0.2) is 13.1 Å². The second-order valence-electron chi connectivity index (χ2n) is 6.84. The summed E-state index contributed by atoms with van der Waals surface area (Å²) < 4.78 is 5.22. The molecule has 0 aliphatic heterocycles. The van der Waals surface area contributed by atoms with Crippen LogP contribution in [0.25, 0.3) is 0 Å². The molecule has 0 saturated heterocycles. The number of nitrogens with one attached hydrogen (secondary N) is 3. The van der Waals surface area contributed by atoms with E-state index in [-0.39, 0.29) is 30.8 Å². The van der Waals surface area contributed by atoms with Crippen LogP contribution in [0.15, 0.2) is 24.3 Å². The van der Waals surface area contributed by atoms with Crippen LogP contribution >= 0.6 is 0 Å². The molecule has 2 rings (SSSR count). The van der Waals surface area contributed by atoms with E-state index in [0.29, 0.717) is 18.0 Å². The summed E-state index contributed by atoms with van der Waals surface area (Å²) in [5.41, 5.74) is -0.207. The second-order valence-corrected chi connectivity index (χ2v) is 6.84. The highest BCUT2D eigenvalue weighted by Crippen LogP contribution is 2.39. The zero-order valence-electron chi connectivity index (χ0n) is 15.6. The van der Waals surface area contributed by atoms with Crippen LogP contribution in [0, 0.1) is 17.2 Å². The Morgan fingerprint density at radius 1 is 1.31 bits per heavy atom. The molecular weight excluding hydrogens is 332 g/mol. The van der Waals surface area contributed by atoms with E-state index in [4.69, 9.17) is 4.74 Å². The van der Waals surface area contributed by atoms with Crippen molar-refractivity contribution >= 4 is 17.5 Å². The molecule has 0 heterocycles. The highest BCUT2D eigenvalue weighted by atomic mass is 16.5. The summed E-state index contributed by atoms with van der Waals surface area (Å²) in [6.45, 7) is 4.62. The summed E-state index contributed by atoms with van der Waals surface area (Å²) in [4.78, 5) is 25.5. The Kier molecular flexibility index (Phi) is 6.58. The van der Waals surface area contributed by atoms with E-state index in [9.17, 15) is 14.9 Å². The van der Waals surface area contributed by atoms with Crippen LogP contribution in [-0.2, 0) is 9.59 Å². The summed E-state index contributed by atoms with van der Waals surface area (Å²) in [6.07, 6.45) is 1.94. The molecule has 3 N–H and O–H groups in total. The van der Waals surface area contributed by atoms with Crippen molar-refractivity contribution in [3.8, 4) is 11.8 Å². The lowest BCUT2D eigenvalue weighted by molar-refractivity contribution is -0.881. The van der Waals surface area contributed by atoms with E-state index < -0.39 is 5.54 Å². The first-order valence-corrected chi connectivity index (χ1v) is 8.90.